The summed E-state index contributed by atoms with van der Waals surface area (Å²) in [5.74, 6) is -1.77. The summed E-state index contributed by atoms with van der Waals surface area (Å²) in [4.78, 5) is 19.9. The summed E-state index contributed by atoms with van der Waals surface area (Å²) < 4.78 is 43.8. The Bertz CT molecular complexity index is 1290. The van der Waals surface area contributed by atoms with Gasteiger partial charge in [0.25, 0.3) is 0 Å². The average molecular weight is 452 g/mol. The number of carbonyl (C=O) groups excluding carboxylic acids is 1. The normalized spacial score (nSPS) is 18.8. The molecule has 5 nitrogen and oxygen atoms in total. The van der Waals surface area contributed by atoms with Crippen molar-refractivity contribution in [3.05, 3.63) is 78.1 Å². The number of aromatic amines is 1. The SMILES string of the molecule is CCC(C(=O)NC1CC(c2c(-c3ccc(F)cc3)[nH]c3c(F)cc(F)cc23)C1)n1ccnc1. The number of halogens is 3. The topological polar surface area (TPSA) is 62.7 Å². The highest BCUT2D eigenvalue weighted by molar-refractivity contribution is 5.92. The Morgan fingerprint density at radius 3 is 2.61 bits per heavy atom. The van der Waals surface area contributed by atoms with E-state index in [1.54, 1.807) is 35.4 Å². The molecule has 2 N–H and O–H groups in total. The van der Waals surface area contributed by atoms with Gasteiger partial charge in [0.2, 0.25) is 5.91 Å². The quantitative estimate of drug-likeness (QED) is 0.408. The van der Waals surface area contributed by atoms with E-state index in [9.17, 15) is 18.0 Å². The van der Waals surface area contributed by atoms with Crippen LogP contribution in [0.15, 0.2) is 55.1 Å². The zero-order valence-electron chi connectivity index (χ0n) is 18.0. The monoisotopic (exact) mass is 452 g/mol. The molecule has 4 aromatic rings. The second kappa shape index (κ2) is 8.42. The van der Waals surface area contributed by atoms with Gasteiger partial charge in [-0.25, -0.2) is 18.2 Å². The second-order valence-electron chi connectivity index (χ2n) is 8.54. The average Bonchev–Trinajstić information content (AvgIpc) is 3.40. The van der Waals surface area contributed by atoms with Crippen molar-refractivity contribution in [2.75, 3.05) is 0 Å². The van der Waals surface area contributed by atoms with Crippen LogP contribution in [0.3, 0.4) is 0 Å². The molecular weight excluding hydrogens is 429 g/mol. The first-order valence-corrected chi connectivity index (χ1v) is 11.0. The number of fused-ring (bicyclic) bond motifs is 1. The van der Waals surface area contributed by atoms with E-state index in [4.69, 9.17) is 0 Å². The molecule has 1 fully saturated rings. The van der Waals surface area contributed by atoms with Gasteiger partial charge in [0, 0.05) is 29.9 Å². The minimum Gasteiger partial charge on any atom is -0.352 e. The van der Waals surface area contributed by atoms with Crippen LogP contribution in [-0.4, -0.2) is 26.5 Å². The highest BCUT2D eigenvalue weighted by atomic mass is 19.1. The molecule has 1 saturated carbocycles. The number of nitrogens with zero attached hydrogens (tertiary/aromatic N) is 2. The molecule has 2 heterocycles. The summed E-state index contributed by atoms with van der Waals surface area (Å²) in [5.41, 5.74) is 2.36. The number of amides is 1. The fraction of sp³-hybridized carbons (Fsp3) is 0.280. The van der Waals surface area contributed by atoms with E-state index in [0.29, 0.717) is 35.9 Å². The van der Waals surface area contributed by atoms with Crippen LogP contribution < -0.4 is 5.32 Å². The fourth-order valence-electron chi connectivity index (χ4n) is 4.76. The molecule has 2 aromatic heterocycles. The van der Waals surface area contributed by atoms with Gasteiger partial charge in [-0.2, -0.15) is 0 Å². The van der Waals surface area contributed by atoms with Crippen LogP contribution in [0.2, 0.25) is 0 Å². The summed E-state index contributed by atoms with van der Waals surface area (Å²) >= 11 is 0. The molecule has 8 heteroatoms. The van der Waals surface area contributed by atoms with Crippen molar-refractivity contribution >= 4 is 16.8 Å². The molecule has 1 amide bonds. The first-order valence-electron chi connectivity index (χ1n) is 11.0. The molecule has 0 spiro atoms. The molecule has 1 aliphatic rings. The summed E-state index contributed by atoms with van der Waals surface area (Å²) in [6.45, 7) is 1.94. The number of imidazole rings is 1. The van der Waals surface area contributed by atoms with Crippen molar-refractivity contribution in [2.45, 2.75) is 44.2 Å². The van der Waals surface area contributed by atoms with Crippen LogP contribution >= 0.6 is 0 Å². The lowest BCUT2D eigenvalue weighted by molar-refractivity contribution is -0.125. The van der Waals surface area contributed by atoms with Crippen LogP contribution in [-0.2, 0) is 4.79 Å². The van der Waals surface area contributed by atoms with Crippen molar-refractivity contribution in [3.63, 3.8) is 0 Å². The van der Waals surface area contributed by atoms with E-state index < -0.39 is 11.6 Å². The number of carbonyl (C=O) groups is 1. The van der Waals surface area contributed by atoms with Crippen molar-refractivity contribution in [2.24, 2.45) is 0 Å². The van der Waals surface area contributed by atoms with Crippen LogP contribution in [0.4, 0.5) is 13.2 Å². The second-order valence-corrected chi connectivity index (χ2v) is 8.54. The predicted molar refractivity (Wildman–Crippen MR) is 119 cm³/mol. The zero-order chi connectivity index (χ0) is 23.1. The lowest BCUT2D eigenvalue weighted by Gasteiger charge is -2.37. The minimum absolute atomic E-state index is 0.00127. The highest BCUT2D eigenvalue weighted by Crippen LogP contribution is 2.45. The van der Waals surface area contributed by atoms with Crippen LogP contribution in [0.25, 0.3) is 22.2 Å². The molecule has 0 bridgehead atoms. The van der Waals surface area contributed by atoms with Crippen molar-refractivity contribution in [1.82, 2.24) is 19.9 Å². The smallest absolute Gasteiger partial charge is 0.243 e. The molecule has 1 atom stereocenters. The number of aromatic nitrogens is 3. The molecule has 5 rings (SSSR count). The van der Waals surface area contributed by atoms with Gasteiger partial charge in [-0.3, -0.25) is 4.79 Å². The van der Waals surface area contributed by atoms with Gasteiger partial charge in [0.1, 0.15) is 23.5 Å². The first-order chi connectivity index (χ1) is 15.9. The number of hydrogen-bond acceptors (Lipinski definition) is 2. The Hall–Kier alpha value is -3.55. The predicted octanol–water partition coefficient (Wildman–Crippen LogP) is 5.46. The Labute approximate surface area is 188 Å². The van der Waals surface area contributed by atoms with Crippen molar-refractivity contribution < 1.29 is 18.0 Å². The molecule has 0 aliphatic heterocycles. The van der Waals surface area contributed by atoms with E-state index in [1.807, 2.05) is 6.92 Å². The molecule has 1 aliphatic carbocycles. The van der Waals surface area contributed by atoms with E-state index in [0.717, 1.165) is 11.6 Å². The Morgan fingerprint density at radius 1 is 1.18 bits per heavy atom. The molecule has 0 saturated heterocycles. The summed E-state index contributed by atoms with van der Waals surface area (Å²) in [6.07, 6.45) is 6.95. The third kappa shape index (κ3) is 3.90. The third-order valence-corrected chi connectivity index (χ3v) is 6.46. The maximum atomic E-state index is 14.5. The molecule has 1 unspecified atom stereocenters. The summed E-state index contributed by atoms with van der Waals surface area (Å²) in [6, 6.07) is 7.72. The van der Waals surface area contributed by atoms with Gasteiger partial charge in [-0.05, 0) is 66.6 Å². The fourth-order valence-corrected chi connectivity index (χ4v) is 4.76. The summed E-state index contributed by atoms with van der Waals surface area (Å²) in [5, 5.41) is 3.57. The first kappa shape index (κ1) is 21.3. The Kier molecular flexibility index (Phi) is 5.44. The van der Waals surface area contributed by atoms with Crippen LogP contribution in [0, 0.1) is 17.5 Å². The number of nitrogens with one attached hydrogen (secondary N) is 2. The minimum atomic E-state index is -0.671. The maximum Gasteiger partial charge on any atom is 0.243 e. The Balaban J connectivity index is 1.42. The molecule has 0 radical (unpaired) electrons. The van der Waals surface area contributed by atoms with Crippen LogP contribution in [0.1, 0.15) is 43.7 Å². The third-order valence-electron chi connectivity index (χ3n) is 6.46. The molecule has 2 aromatic carbocycles. The zero-order valence-corrected chi connectivity index (χ0v) is 18.0. The number of H-pyrrole nitrogens is 1. The van der Waals surface area contributed by atoms with E-state index in [2.05, 4.69) is 15.3 Å². The van der Waals surface area contributed by atoms with Crippen molar-refractivity contribution in [1.29, 1.82) is 0 Å². The highest BCUT2D eigenvalue weighted by Gasteiger charge is 2.36. The molecule has 33 heavy (non-hydrogen) atoms. The number of benzene rings is 2. The van der Waals surface area contributed by atoms with Crippen molar-refractivity contribution in [3.8, 4) is 11.3 Å². The van der Waals surface area contributed by atoms with Gasteiger partial charge >= 0.3 is 0 Å². The summed E-state index contributed by atoms with van der Waals surface area (Å²) in [7, 11) is 0. The molecule has 170 valence electrons. The Morgan fingerprint density at radius 2 is 1.94 bits per heavy atom. The molecular formula is C25H23F3N4O. The number of hydrogen-bond donors (Lipinski definition) is 2. The van der Waals surface area contributed by atoms with E-state index in [-0.39, 0.29) is 35.2 Å². The van der Waals surface area contributed by atoms with Crippen LogP contribution in [0.5, 0.6) is 0 Å². The lowest BCUT2D eigenvalue weighted by atomic mass is 9.74. The number of rotatable bonds is 6. The van der Waals surface area contributed by atoms with Gasteiger partial charge in [-0.1, -0.05) is 6.92 Å². The van der Waals surface area contributed by atoms with Gasteiger partial charge in [0.15, 0.2) is 0 Å². The van der Waals surface area contributed by atoms with Gasteiger partial charge in [-0.15, -0.1) is 0 Å². The van der Waals surface area contributed by atoms with Gasteiger partial charge in [0.05, 0.1) is 17.5 Å². The maximum absolute atomic E-state index is 14.5. The standard InChI is InChI=1S/C25H23F3N4O/c1-2-21(32-8-7-29-13-32)25(33)30-18-9-15(10-18)22-19-11-17(27)12-20(28)24(19)31-23(22)14-3-5-16(26)6-4-14/h3-8,11-13,15,18,21,31H,2,9-10H2,1H3,(H,30,33). The lowest BCUT2D eigenvalue weighted by Crippen LogP contribution is -2.46. The largest absolute Gasteiger partial charge is 0.352 e. The van der Waals surface area contributed by atoms with E-state index >= 15 is 0 Å². The van der Waals surface area contributed by atoms with E-state index in [1.165, 1.54) is 18.2 Å². The van der Waals surface area contributed by atoms with Gasteiger partial charge < -0.3 is 14.9 Å².